The molecule has 8 heteroatoms. The molecule has 7 nitrogen and oxygen atoms in total. The Balaban J connectivity index is 2.70. The van der Waals surface area contributed by atoms with Crippen LogP contribution in [0.15, 0.2) is 0 Å². The molecule has 5 N–H and O–H groups in total. The molecule has 1 saturated heterocycles. The molecule has 2 atom stereocenters. The van der Waals surface area contributed by atoms with Gasteiger partial charge < -0.3 is 34.8 Å². The molecule has 1 rings (SSSR count). The summed E-state index contributed by atoms with van der Waals surface area (Å²) in [5.41, 5.74) is 0. The van der Waals surface area contributed by atoms with Gasteiger partial charge in [-0.25, -0.2) is 0 Å². The third-order valence-electron chi connectivity index (χ3n) is 1.93. The summed E-state index contributed by atoms with van der Waals surface area (Å²) >= 11 is 0. The first kappa shape index (κ1) is 10.9. The summed E-state index contributed by atoms with van der Waals surface area (Å²) in [7, 11) is -2.15. The molecule has 13 heavy (non-hydrogen) atoms. The van der Waals surface area contributed by atoms with Crippen molar-refractivity contribution in [1.82, 2.24) is 0 Å². The van der Waals surface area contributed by atoms with E-state index in [1.165, 1.54) is 0 Å². The fourth-order valence-corrected chi connectivity index (χ4v) is 1.04. The standard InChI is InChI=1S/C5H11BO7/c1-4(7)5(8,9)3(2-12-4)13-6(10)11/h3,7-11H,2H2,1H3/t3-,4-/m0/s1. The predicted octanol–water partition coefficient (Wildman–Crippen LogP) is -3.24. The van der Waals surface area contributed by atoms with Gasteiger partial charge in [-0.3, -0.25) is 0 Å². The highest BCUT2D eigenvalue weighted by Crippen LogP contribution is 2.33. The molecule has 0 radical (unpaired) electrons. The van der Waals surface area contributed by atoms with Crippen LogP contribution in [0, 0.1) is 0 Å². The first-order valence-corrected chi connectivity index (χ1v) is 3.60. The highest BCUT2D eigenvalue weighted by molar-refractivity contribution is 6.32. The average Bonchev–Trinajstić information content (AvgIpc) is 2.11. The van der Waals surface area contributed by atoms with Crippen LogP contribution < -0.4 is 0 Å². The van der Waals surface area contributed by atoms with Crippen molar-refractivity contribution in [2.45, 2.75) is 24.6 Å². The Kier molecular flexibility index (Phi) is 2.65. The van der Waals surface area contributed by atoms with Crippen molar-refractivity contribution >= 4 is 7.32 Å². The van der Waals surface area contributed by atoms with Gasteiger partial charge in [0.25, 0.3) is 0 Å². The third-order valence-corrected chi connectivity index (χ3v) is 1.93. The summed E-state index contributed by atoms with van der Waals surface area (Å²) in [4.78, 5) is 0. The molecule has 1 aliphatic rings. The van der Waals surface area contributed by atoms with Gasteiger partial charge in [-0.05, 0) is 6.92 Å². The summed E-state index contributed by atoms with van der Waals surface area (Å²) in [6.07, 6.45) is -1.41. The van der Waals surface area contributed by atoms with Crippen molar-refractivity contribution in [3.63, 3.8) is 0 Å². The van der Waals surface area contributed by atoms with Gasteiger partial charge in [-0.15, -0.1) is 0 Å². The molecule has 0 amide bonds. The quantitative estimate of drug-likeness (QED) is 0.231. The molecular formula is C5H11BO7. The van der Waals surface area contributed by atoms with E-state index in [0.29, 0.717) is 0 Å². The van der Waals surface area contributed by atoms with Crippen molar-refractivity contribution in [1.29, 1.82) is 0 Å². The Morgan fingerprint density at radius 2 is 1.92 bits per heavy atom. The lowest BCUT2D eigenvalue weighted by molar-refractivity contribution is -0.334. The minimum Gasteiger partial charge on any atom is -0.402 e. The van der Waals surface area contributed by atoms with Crippen LogP contribution >= 0.6 is 0 Å². The van der Waals surface area contributed by atoms with Gasteiger partial charge in [0.1, 0.15) is 6.10 Å². The van der Waals surface area contributed by atoms with Crippen LogP contribution in [0.2, 0.25) is 0 Å². The first-order valence-electron chi connectivity index (χ1n) is 3.60. The maximum absolute atomic E-state index is 9.26. The van der Waals surface area contributed by atoms with Crippen LogP contribution in [0.25, 0.3) is 0 Å². The number of aliphatic hydroxyl groups is 3. The monoisotopic (exact) mass is 194 g/mol. The van der Waals surface area contributed by atoms with Crippen LogP contribution in [0.4, 0.5) is 0 Å². The van der Waals surface area contributed by atoms with E-state index in [1.807, 2.05) is 0 Å². The largest absolute Gasteiger partial charge is 0.634 e. The van der Waals surface area contributed by atoms with Gasteiger partial charge >= 0.3 is 7.32 Å². The van der Waals surface area contributed by atoms with Gasteiger partial charge in [0.05, 0.1) is 6.61 Å². The second-order valence-corrected chi connectivity index (χ2v) is 2.97. The number of hydrogen-bond donors (Lipinski definition) is 5. The Morgan fingerprint density at radius 1 is 1.38 bits per heavy atom. The highest BCUT2D eigenvalue weighted by Gasteiger charge is 2.59. The molecule has 1 fully saturated rings. The fraction of sp³-hybridized carbons (Fsp3) is 1.00. The SMILES string of the molecule is C[C@]1(O)OC[C@H](OB(O)O)C1(O)O. The summed E-state index contributed by atoms with van der Waals surface area (Å²) in [5.74, 6) is -4.86. The highest BCUT2D eigenvalue weighted by atomic mass is 16.7. The zero-order valence-electron chi connectivity index (χ0n) is 6.91. The van der Waals surface area contributed by atoms with Crippen molar-refractivity contribution < 1.29 is 34.8 Å². The van der Waals surface area contributed by atoms with E-state index in [0.717, 1.165) is 6.92 Å². The lowest BCUT2D eigenvalue weighted by Gasteiger charge is -2.31. The fourth-order valence-electron chi connectivity index (χ4n) is 1.04. The molecule has 1 aliphatic heterocycles. The van der Waals surface area contributed by atoms with Crippen LogP contribution in [0.1, 0.15) is 6.92 Å². The first-order chi connectivity index (χ1) is 5.77. The number of rotatable bonds is 2. The zero-order chi connectivity index (χ0) is 10.3. The topological polar surface area (TPSA) is 120 Å². The molecule has 0 bridgehead atoms. The van der Waals surface area contributed by atoms with Gasteiger partial charge in [0, 0.05) is 0 Å². The number of ether oxygens (including phenoxy) is 1. The van der Waals surface area contributed by atoms with E-state index in [4.69, 9.17) is 10.0 Å². The summed E-state index contributed by atoms with van der Waals surface area (Å²) in [6.45, 7) is 0.678. The third kappa shape index (κ3) is 1.84. The van der Waals surface area contributed by atoms with Crippen molar-refractivity contribution in [3.05, 3.63) is 0 Å². The second-order valence-electron chi connectivity index (χ2n) is 2.97. The molecule has 0 spiro atoms. The maximum atomic E-state index is 9.26. The van der Waals surface area contributed by atoms with E-state index in [2.05, 4.69) is 9.39 Å². The summed E-state index contributed by atoms with van der Waals surface area (Å²) in [5, 5.41) is 44.5. The lowest BCUT2D eigenvalue weighted by atomic mass is 10.0. The summed E-state index contributed by atoms with van der Waals surface area (Å²) in [6, 6.07) is 0. The van der Waals surface area contributed by atoms with Crippen LogP contribution in [0.3, 0.4) is 0 Å². The van der Waals surface area contributed by atoms with Crippen molar-refractivity contribution in [2.75, 3.05) is 6.61 Å². The van der Waals surface area contributed by atoms with Gasteiger partial charge in [0.2, 0.25) is 11.6 Å². The molecule has 76 valence electrons. The molecule has 0 aliphatic carbocycles. The molecule has 0 aromatic rings. The van der Waals surface area contributed by atoms with Crippen LogP contribution in [-0.4, -0.2) is 57.0 Å². The second kappa shape index (κ2) is 3.17. The molecule has 0 saturated carbocycles. The van der Waals surface area contributed by atoms with Gasteiger partial charge in [-0.1, -0.05) is 0 Å². The predicted molar refractivity (Wildman–Crippen MR) is 38.8 cm³/mol. The average molecular weight is 194 g/mol. The molecule has 0 unspecified atom stereocenters. The smallest absolute Gasteiger partial charge is 0.402 e. The Hall–Kier alpha value is -0.215. The molecule has 0 aromatic carbocycles. The lowest BCUT2D eigenvalue weighted by Crippen LogP contribution is -2.56. The molecular weight excluding hydrogens is 183 g/mol. The van der Waals surface area contributed by atoms with Gasteiger partial charge in [0.15, 0.2) is 0 Å². The van der Waals surface area contributed by atoms with Crippen LogP contribution in [0.5, 0.6) is 0 Å². The number of hydrogen-bond acceptors (Lipinski definition) is 7. The Morgan fingerprint density at radius 3 is 2.23 bits per heavy atom. The van der Waals surface area contributed by atoms with Crippen molar-refractivity contribution in [2.24, 2.45) is 0 Å². The maximum Gasteiger partial charge on any atom is 0.634 e. The minimum atomic E-state index is -2.67. The Bertz CT molecular complexity index is 191. The summed E-state index contributed by atoms with van der Waals surface area (Å²) < 4.78 is 8.87. The molecule has 0 aromatic heterocycles. The van der Waals surface area contributed by atoms with Gasteiger partial charge in [-0.2, -0.15) is 0 Å². The van der Waals surface area contributed by atoms with Crippen LogP contribution in [-0.2, 0) is 9.39 Å². The van der Waals surface area contributed by atoms with E-state index in [-0.39, 0.29) is 6.61 Å². The van der Waals surface area contributed by atoms with E-state index < -0.39 is 25.0 Å². The normalized spacial score (nSPS) is 37.8. The zero-order valence-corrected chi connectivity index (χ0v) is 6.91. The van der Waals surface area contributed by atoms with E-state index >= 15 is 0 Å². The Labute approximate surface area is 74.3 Å². The minimum absolute atomic E-state index is 0.350. The van der Waals surface area contributed by atoms with E-state index in [1.54, 1.807) is 0 Å². The molecule has 1 heterocycles. The van der Waals surface area contributed by atoms with Crippen molar-refractivity contribution in [3.8, 4) is 0 Å². The van der Waals surface area contributed by atoms with E-state index in [9.17, 15) is 15.3 Å².